The summed E-state index contributed by atoms with van der Waals surface area (Å²) < 4.78 is 30.5. The molecular weight excluding hydrogens is 502 g/mol. The van der Waals surface area contributed by atoms with Crippen molar-refractivity contribution < 1.29 is 23.5 Å². The molecule has 0 saturated heterocycles. The summed E-state index contributed by atoms with van der Waals surface area (Å²) in [4.78, 5) is 29.4. The number of imidazole rings is 1. The van der Waals surface area contributed by atoms with Gasteiger partial charge in [-0.1, -0.05) is 60.7 Å². The molecule has 5 rings (SSSR count). The van der Waals surface area contributed by atoms with Gasteiger partial charge in [-0.2, -0.15) is 0 Å². The number of carbonyl (C=O) groups excluding carboxylic acids is 1. The minimum atomic E-state index is -1.16. The van der Waals surface area contributed by atoms with Crippen molar-refractivity contribution in [1.29, 1.82) is 0 Å². The third-order valence-electron chi connectivity index (χ3n) is 6.26. The number of carboxylic acid groups (broad SMARTS) is 1. The summed E-state index contributed by atoms with van der Waals surface area (Å²) in [5.41, 5.74) is 2.35. The molecule has 3 aromatic carbocycles. The van der Waals surface area contributed by atoms with Crippen LogP contribution in [0.2, 0.25) is 0 Å². The molecule has 196 valence electrons. The average molecular weight is 527 g/mol. The second-order valence-electron chi connectivity index (χ2n) is 8.97. The van der Waals surface area contributed by atoms with Crippen LogP contribution in [0.5, 0.6) is 0 Å². The van der Waals surface area contributed by atoms with Crippen LogP contribution >= 0.6 is 0 Å². The fourth-order valence-corrected chi connectivity index (χ4v) is 4.29. The molecule has 1 atom stereocenters. The highest BCUT2D eigenvalue weighted by molar-refractivity contribution is 5.97. The van der Waals surface area contributed by atoms with Crippen LogP contribution in [0.25, 0.3) is 16.9 Å². The number of fused-ring (bicyclic) bond motifs is 1. The normalized spacial score (nSPS) is 11.7. The van der Waals surface area contributed by atoms with E-state index in [-0.39, 0.29) is 23.2 Å². The number of hydrogen-bond acceptors (Lipinski definition) is 4. The van der Waals surface area contributed by atoms with E-state index in [1.807, 2.05) is 36.4 Å². The number of amides is 1. The monoisotopic (exact) mass is 526 g/mol. The predicted molar refractivity (Wildman–Crippen MR) is 143 cm³/mol. The second kappa shape index (κ2) is 11.1. The molecule has 0 aliphatic heterocycles. The Balaban J connectivity index is 1.48. The van der Waals surface area contributed by atoms with Crippen LogP contribution in [-0.4, -0.2) is 32.4 Å². The van der Waals surface area contributed by atoms with E-state index < -0.39 is 29.6 Å². The van der Waals surface area contributed by atoms with Gasteiger partial charge in [0.25, 0.3) is 5.91 Å². The highest BCUT2D eigenvalue weighted by atomic mass is 19.1. The predicted octanol–water partition coefficient (Wildman–Crippen LogP) is 5.32. The summed E-state index contributed by atoms with van der Waals surface area (Å²) in [7, 11) is 0. The number of nitrogens with zero attached hydrogens (tertiary/aromatic N) is 2. The first-order chi connectivity index (χ1) is 18.9. The number of anilines is 1. The Morgan fingerprint density at radius 2 is 1.59 bits per heavy atom. The van der Waals surface area contributed by atoms with Crippen molar-refractivity contribution in [3.05, 3.63) is 126 Å². The fourth-order valence-electron chi connectivity index (χ4n) is 4.29. The number of nitrogens with one attached hydrogen (secondary N) is 2. The average Bonchev–Trinajstić information content (AvgIpc) is 3.31. The zero-order chi connectivity index (χ0) is 27.4. The van der Waals surface area contributed by atoms with Gasteiger partial charge >= 0.3 is 5.97 Å². The molecule has 0 radical (unpaired) electrons. The van der Waals surface area contributed by atoms with E-state index in [0.717, 1.165) is 29.3 Å². The number of benzene rings is 3. The summed E-state index contributed by atoms with van der Waals surface area (Å²) in [6, 6.07) is 23.5. The van der Waals surface area contributed by atoms with E-state index in [9.17, 15) is 23.5 Å². The highest BCUT2D eigenvalue weighted by Gasteiger charge is 2.23. The molecule has 2 aromatic heterocycles. The minimum absolute atomic E-state index is 0.0333. The molecule has 5 aromatic rings. The van der Waals surface area contributed by atoms with E-state index in [0.29, 0.717) is 18.0 Å². The molecule has 9 heteroatoms. The largest absolute Gasteiger partial charge is 0.480 e. The first-order valence-corrected chi connectivity index (χ1v) is 12.2. The van der Waals surface area contributed by atoms with Crippen molar-refractivity contribution in [2.24, 2.45) is 0 Å². The fraction of sp³-hybridized carbons (Fsp3) is 0.100. The highest BCUT2D eigenvalue weighted by Crippen LogP contribution is 2.32. The van der Waals surface area contributed by atoms with Crippen LogP contribution in [0.4, 0.5) is 14.6 Å². The number of aliphatic carboxylic acids is 1. The van der Waals surface area contributed by atoms with E-state index in [2.05, 4.69) is 15.6 Å². The van der Waals surface area contributed by atoms with Gasteiger partial charge in [-0.25, -0.2) is 18.6 Å². The number of pyridine rings is 1. The van der Waals surface area contributed by atoms with Gasteiger partial charge in [-0.05, 0) is 41.5 Å². The van der Waals surface area contributed by atoms with Gasteiger partial charge in [-0.3, -0.25) is 9.20 Å². The van der Waals surface area contributed by atoms with E-state index >= 15 is 0 Å². The molecule has 39 heavy (non-hydrogen) atoms. The smallest absolute Gasteiger partial charge is 0.326 e. The van der Waals surface area contributed by atoms with E-state index in [4.69, 9.17) is 0 Å². The molecule has 0 fully saturated rings. The Labute approximate surface area is 222 Å². The zero-order valence-electron chi connectivity index (χ0n) is 20.6. The zero-order valence-corrected chi connectivity index (χ0v) is 20.6. The van der Waals surface area contributed by atoms with Crippen LogP contribution in [0.15, 0.2) is 97.2 Å². The second-order valence-corrected chi connectivity index (χ2v) is 8.97. The third-order valence-corrected chi connectivity index (χ3v) is 6.26. The van der Waals surface area contributed by atoms with Crippen LogP contribution in [-0.2, 0) is 17.8 Å². The first kappa shape index (κ1) is 25.6. The number of hydrogen-bond donors (Lipinski definition) is 3. The van der Waals surface area contributed by atoms with Gasteiger partial charge in [0.15, 0.2) is 0 Å². The van der Waals surface area contributed by atoms with Crippen molar-refractivity contribution in [3.63, 3.8) is 0 Å². The molecule has 2 heterocycles. The van der Waals surface area contributed by atoms with Gasteiger partial charge in [0.2, 0.25) is 0 Å². The van der Waals surface area contributed by atoms with Crippen LogP contribution in [0.1, 0.15) is 21.5 Å². The molecule has 0 aliphatic rings. The van der Waals surface area contributed by atoms with E-state index in [1.165, 1.54) is 12.1 Å². The van der Waals surface area contributed by atoms with Crippen molar-refractivity contribution in [2.45, 2.75) is 19.0 Å². The lowest BCUT2D eigenvalue weighted by atomic mass is 10.1. The topological polar surface area (TPSA) is 95.7 Å². The summed E-state index contributed by atoms with van der Waals surface area (Å²) in [5.74, 6) is -2.61. The molecule has 0 aliphatic carbocycles. The Bertz CT molecular complexity index is 1640. The van der Waals surface area contributed by atoms with Crippen molar-refractivity contribution in [2.75, 3.05) is 5.32 Å². The van der Waals surface area contributed by atoms with Crippen molar-refractivity contribution in [3.8, 4) is 11.3 Å². The maximum atomic E-state index is 14.8. The molecule has 0 bridgehead atoms. The Kier molecular flexibility index (Phi) is 7.31. The van der Waals surface area contributed by atoms with Gasteiger partial charge in [-0.15, -0.1) is 0 Å². The Morgan fingerprint density at radius 3 is 2.28 bits per heavy atom. The van der Waals surface area contributed by atoms with Gasteiger partial charge in [0, 0.05) is 30.3 Å². The summed E-state index contributed by atoms with van der Waals surface area (Å²) in [6.45, 7) is 0.389. The lowest BCUT2D eigenvalue weighted by Crippen LogP contribution is -2.42. The maximum Gasteiger partial charge on any atom is 0.326 e. The van der Waals surface area contributed by atoms with E-state index in [1.54, 1.807) is 34.9 Å². The van der Waals surface area contributed by atoms with Gasteiger partial charge in [0.1, 0.15) is 34.8 Å². The molecule has 1 unspecified atom stereocenters. The number of carbonyl (C=O) groups is 2. The Hall–Kier alpha value is -5.05. The number of rotatable bonds is 9. The lowest BCUT2D eigenvalue weighted by molar-refractivity contribution is -0.139. The minimum Gasteiger partial charge on any atom is -0.480 e. The van der Waals surface area contributed by atoms with Crippen LogP contribution in [0.3, 0.4) is 0 Å². The lowest BCUT2D eigenvalue weighted by Gasteiger charge is -2.15. The van der Waals surface area contributed by atoms with Crippen LogP contribution in [0, 0.1) is 11.6 Å². The third kappa shape index (κ3) is 5.77. The quantitative estimate of drug-likeness (QED) is 0.242. The first-order valence-electron chi connectivity index (χ1n) is 12.2. The van der Waals surface area contributed by atoms with Crippen molar-refractivity contribution in [1.82, 2.24) is 14.7 Å². The maximum absolute atomic E-state index is 14.8. The molecular formula is C30H24F2N4O3. The number of aromatic nitrogens is 2. The van der Waals surface area contributed by atoms with Crippen molar-refractivity contribution >= 4 is 23.3 Å². The number of carboxylic acids is 1. The molecule has 0 spiro atoms. The molecule has 0 saturated carbocycles. The molecule has 1 amide bonds. The molecule has 3 N–H and O–H groups in total. The number of halogens is 2. The van der Waals surface area contributed by atoms with Gasteiger partial charge in [0.05, 0.1) is 0 Å². The van der Waals surface area contributed by atoms with Gasteiger partial charge < -0.3 is 15.7 Å². The van der Waals surface area contributed by atoms with Crippen LogP contribution < -0.4 is 10.6 Å². The summed E-state index contributed by atoms with van der Waals surface area (Å²) >= 11 is 0. The molecule has 7 nitrogen and oxygen atoms in total. The SMILES string of the molecule is O=C(NC(Cc1ccccc1)C(=O)O)c1ccn2c(NCc3ccccc3)c(-c3cc(F)ccc3F)nc2c1. The summed E-state index contributed by atoms with van der Waals surface area (Å²) in [5, 5.41) is 15.5. The Morgan fingerprint density at radius 1 is 0.897 bits per heavy atom. The summed E-state index contributed by atoms with van der Waals surface area (Å²) in [6.07, 6.45) is 1.70. The standard InChI is InChI=1S/C30H24F2N4O3/c31-22-11-12-24(32)23(17-22)27-28(33-18-20-9-5-2-6-10-20)36-14-13-21(16-26(36)35-27)29(37)34-25(30(38)39)15-19-7-3-1-4-8-19/h1-14,16-17,25,33H,15,18H2,(H,34,37)(H,38,39).